The molecule has 4 aromatic rings. The number of halogens is 4. The Bertz CT molecular complexity index is 1260. The molecule has 31 heavy (non-hydrogen) atoms. The van der Waals surface area contributed by atoms with E-state index in [1.54, 1.807) is 4.52 Å². The van der Waals surface area contributed by atoms with Crippen molar-refractivity contribution in [3.05, 3.63) is 58.9 Å². The van der Waals surface area contributed by atoms with Crippen LogP contribution in [0.1, 0.15) is 11.3 Å². The molecule has 0 bridgehead atoms. The minimum atomic E-state index is -4.39. The molecule has 5 rings (SSSR count). The Morgan fingerprint density at radius 3 is 2.35 bits per heavy atom. The van der Waals surface area contributed by atoms with Crippen molar-refractivity contribution in [2.24, 2.45) is 0 Å². The molecule has 0 radical (unpaired) electrons. The number of anilines is 2. The zero-order valence-electron chi connectivity index (χ0n) is 16.6. The number of para-hydroxylation sites is 1. The van der Waals surface area contributed by atoms with E-state index in [1.165, 1.54) is 6.07 Å². The van der Waals surface area contributed by atoms with Crippen LogP contribution in [0.15, 0.2) is 42.6 Å². The zero-order chi connectivity index (χ0) is 21.8. The molecular weight excluding hydrogens is 429 g/mol. The van der Waals surface area contributed by atoms with Crippen molar-refractivity contribution in [1.29, 1.82) is 0 Å². The molecule has 1 aromatic carbocycles. The van der Waals surface area contributed by atoms with Gasteiger partial charge in [0.1, 0.15) is 16.7 Å². The van der Waals surface area contributed by atoms with Crippen LogP contribution in [-0.4, -0.2) is 45.8 Å². The van der Waals surface area contributed by atoms with Gasteiger partial charge in [0, 0.05) is 37.8 Å². The Balaban J connectivity index is 1.43. The van der Waals surface area contributed by atoms with Gasteiger partial charge in [-0.15, -0.1) is 0 Å². The molecule has 10 heteroatoms. The summed E-state index contributed by atoms with van der Waals surface area (Å²) < 4.78 is 40.1. The molecule has 1 fully saturated rings. The summed E-state index contributed by atoms with van der Waals surface area (Å²) in [6.45, 7) is 4.39. The van der Waals surface area contributed by atoms with E-state index in [0.29, 0.717) is 42.7 Å². The van der Waals surface area contributed by atoms with Crippen molar-refractivity contribution in [3.8, 4) is 0 Å². The SMILES string of the molecule is Cc1nn2c(nc(N3CCN(c4ccc(C(F)(F)F)cn4)CC3)c3ccccc32)c1Cl. The second-order valence-electron chi connectivity index (χ2n) is 7.46. The zero-order valence-corrected chi connectivity index (χ0v) is 17.3. The Hall–Kier alpha value is -3.07. The van der Waals surface area contributed by atoms with Crippen LogP contribution in [0.25, 0.3) is 16.6 Å². The third-order valence-corrected chi connectivity index (χ3v) is 5.97. The first-order valence-electron chi connectivity index (χ1n) is 9.79. The fourth-order valence-electron chi connectivity index (χ4n) is 3.90. The molecule has 6 nitrogen and oxygen atoms in total. The molecule has 4 heterocycles. The molecular formula is C21H18ClF3N6. The third kappa shape index (κ3) is 3.42. The number of hydrogen-bond acceptors (Lipinski definition) is 5. The summed E-state index contributed by atoms with van der Waals surface area (Å²) in [4.78, 5) is 13.0. The number of aryl methyl sites for hydroxylation is 1. The second-order valence-corrected chi connectivity index (χ2v) is 7.84. The van der Waals surface area contributed by atoms with Crippen molar-refractivity contribution in [3.63, 3.8) is 0 Å². The van der Waals surface area contributed by atoms with Gasteiger partial charge >= 0.3 is 6.18 Å². The summed E-state index contributed by atoms with van der Waals surface area (Å²) in [5, 5.41) is 6.01. The van der Waals surface area contributed by atoms with E-state index in [2.05, 4.69) is 15.0 Å². The predicted octanol–water partition coefficient (Wildman–Crippen LogP) is 4.58. The molecule has 1 aliphatic rings. The number of rotatable bonds is 2. The van der Waals surface area contributed by atoms with Crippen LogP contribution in [0.4, 0.5) is 24.8 Å². The number of fused-ring (bicyclic) bond motifs is 3. The molecule has 160 valence electrons. The number of benzene rings is 1. The average Bonchev–Trinajstić information content (AvgIpc) is 3.07. The van der Waals surface area contributed by atoms with E-state index in [1.807, 2.05) is 36.1 Å². The normalized spacial score (nSPS) is 15.3. The highest BCUT2D eigenvalue weighted by Crippen LogP contribution is 2.32. The summed E-state index contributed by atoms with van der Waals surface area (Å²) in [7, 11) is 0. The summed E-state index contributed by atoms with van der Waals surface area (Å²) >= 11 is 6.44. The Morgan fingerprint density at radius 1 is 0.968 bits per heavy atom. The van der Waals surface area contributed by atoms with Crippen LogP contribution in [0.5, 0.6) is 0 Å². The lowest BCUT2D eigenvalue weighted by molar-refractivity contribution is -0.137. The van der Waals surface area contributed by atoms with E-state index in [4.69, 9.17) is 16.6 Å². The van der Waals surface area contributed by atoms with Gasteiger partial charge in [0.2, 0.25) is 0 Å². The van der Waals surface area contributed by atoms with Crippen molar-refractivity contribution >= 4 is 39.8 Å². The van der Waals surface area contributed by atoms with Gasteiger partial charge in [-0.25, -0.2) is 14.5 Å². The maximum absolute atomic E-state index is 12.8. The van der Waals surface area contributed by atoms with Gasteiger partial charge in [-0.3, -0.25) is 0 Å². The second kappa shape index (κ2) is 7.26. The van der Waals surface area contributed by atoms with Crippen LogP contribution < -0.4 is 9.80 Å². The molecule has 0 amide bonds. The standard InChI is InChI=1S/C21H18ClF3N6/c1-13-18(22)20-27-19(15-4-2-3-5-16(15)31(20)28-13)30-10-8-29(9-11-30)17-7-6-14(12-26-17)21(23,24)25/h2-7,12H,8-11H2,1H3. The lowest BCUT2D eigenvalue weighted by Gasteiger charge is -2.36. The number of aromatic nitrogens is 4. The van der Waals surface area contributed by atoms with Crippen LogP contribution >= 0.6 is 11.6 Å². The molecule has 0 unspecified atom stereocenters. The maximum atomic E-state index is 12.8. The maximum Gasteiger partial charge on any atom is 0.417 e. The Kier molecular flexibility index (Phi) is 4.65. The number of pyridine rings is 1. The monoisotopic (exact) mass is 446 g/mol. The van der Waals surface area contributed by atoms with Crippen molar-refractivity contribution in [1.82, 2.24) is 19.6 Å². The molecule has 0 atom stereocenters. The van der Waals surface area contributed by atoms with Crippen LogP contribution in [0.3, 0.4) is 0 Å². The first-order chi connectivity index (χ1) is 14.8. The summed E-state index contributed by atoms with van der Waals surface area (Å²) in [5.41, 5.74) is 1.51. The van der Waals surface area contributed by atoms with Gasteiger partial charge in [-0.1, -0.05) is 23.7 Å². The highest BCUT2D eigenvalue weighted by atomic mass is 35.5. The molecule has 0 N–H and O–H groups in total. The van der Waals surface area contributed by atoms with Crippen LogP contribution in [-0.2, 0) is 6.18 Å². The summed E-state index contributed by atoms with van der Waals surface area (Å²) in [6.07, 6.45) is -3.50. The first-order valence-corrected chi connectivity index (χ1v) is 10.2. The summed E-state index contributed by atoms with van der Waals surface area (Å²) in [5.74, 6) is 1.36. The van der Waals surface area contributed by atoms with Gasteiger partial charge < -0.3 is 9.80 Å². The van der Waals surface area contributed by atoms with Crippen molar-refractivity contribution in [2.45, 2.75) is 13.1 Å². The third-order valence-electron chi connectivity index (χ3n) is 5.53. The van der Waals surface area contributed by atoms with Crippen LogP contribution in [0.2, 0.25) is 5.02 Å². The van der Waals surface area contributed by atoms with Gasteiger partial charge in [-0.05, 0) is 31.2 Å². The Morgan fingerprint density at radius 2 is 1.68 bits per heavy atom. The largest absolute Gasteiger partial charge is 0.417 e. The molecule has 1 aliphatic heterocycles. The quantitative estimate of drug-likeness (QED) is 0.451. The van der Waals surface area contributed by atoms with Gasteiger partial charge in [-0.2, -0.15) is 18.3 Å². The molecule has 1 saturated heterocycles. The topological polar surface area (TPSA) is 49.6 Å². The highest BCUT2D eigenvalue weighted by Gasteiger charge is 2.31. The predicted molar refractivity (Wildman–Crippen MR) is 114 cm³/mol. The molecule has 0 saturated carbocycles. The molecule has 0 aliphatic carbocycles. The van der Waals surface area contributed by atoms with E-state index < -0.39 is 11.7 Å². The fourth-order valence-corrected chi connectivity index (χ4v) is 4.06. The van der Waals surface area contributed by atoms with Crippen LogP contribution in [0, 0.1) is 6.92 Å². The highest BCUT2D eigenvalue weighted by molar-refractivity contribution is 6.34. The molecule has 0 spiro atoms. The minimum absolute atomic E-state index is 0.527. The van der Waals surface area contributed by atoms with E-state index in [9.17, 15) is 13.2 Å². The van der Waals surface area contributed by atoms with Gasteiger partial charge in [0.15, 0.2) is 5.65 Å². The lowest BCUT2D eigenvalue weighted by Crippen LogP contribution is -2.47. The first kappa shape index (κ1) is 19.9. The van der Waals surface area contributed by atoms with Crippen molar-refractivity contribution < 1.29 is 13.2 Å². The molecule has 3 aromatic heterocycles. The van der Waals surface area contributed by atoms with E-state index >= 15 is 0 Å². The minimum Gasteiger partial charge on any atom is -0.353 e. The number of nitrogens with zero attached hydrogens (tertiary/aromatic N) is 6. The van der Waals surface area contributed by atoms with E-state index in [-0.39, 0.29) is 0 Å². The number of alkyl halides is 3. The summed E-state index contributed by atoms with van der Waals surface area (Å²) in [6, 6.07) is 10.4. The number of hydrogen-bond donors (Lipinski definition) is 0. The average molecular weight is 447 g/mol. The fraction of sp³-hybridized carbons (Fsp3) is 0.286. The smallest absolute Gasteiger partial charge is 0.353 e. The van der Waals surface area contributed by atoms with Crippen molar-refractivity contribution in [2.75, 3.05) is 36.0 Å². The van der Waals surface area contributed by atoms with Gasteiger partial charge in [0.25, 0.3) is 0 Å². The van der Waals surface area contributed by atoms with E-state index in [0.717, 1.165) is 34.7 Å². The number of piperazine rings is 1. The van der Waals surface area contributed by atoms with Gasteiger partial charge in [0.05, 0.1) is 16.8 Å². The Labute approximate surface area is 180 Å². The lowest BCUT2D eigenvalue weighted by atomic mass is 10.2.